The van der Waals surface area contributed by atoms with Gasteiger partial charge in [-0.3, -0.25) is 8.99 Å². The molecule has 0 amide bonds. The van der Waals surface area contributed by atoms with Crippen LogP contribution in [0.2, 0.25) is 0 Å². The highest BCUT2D eigenvalue weighted by atomic mass is 32.2. The standard InChI is InChI=1S/C18H13F3N6O2S/c19-18(20,21)13-9-24-26(11-13)16-5-4-14(10-22-16)30(28,29)27-7-6-25-17-12(8-23-25)2-1-3-15(17)27/h1-5,8-11H,6-7H2. The number of nitrogens with zero attached hydrogens (tertiary/aromatic N) is 6. The molecule has 1 aromatic carbocycles. The summed E-state index contributed by atoms with van der Waals surface area (Å²) in [6.07, 6.45) is -0.244. The van der Waals surface area contributed by atoms with Crippen molar-refractivity contribution in [1.82, 2.24) is 24.5 Å². The molecule has 0 aliphatic carbocycles. The number of sulfonamides is 1. The van der Waals surface area contributed by atoms with Gasteiger partial charge in [0.25, 0.3) is 10.0 Å². The van der Waals surface area contributed by atoms with E-state index in [4.69, 9.17) is 0 Å². The first-order valence-corrected chi connectivity index (χ1v) is 10.2. The quantitative estimate of drug-likeness (QED) is 0.495. The first kappa shape index (κ1) is 18.6. The highest BCUT2D eigenvalue weighted by molar-refractivity contribution is 7.92. The smallest absolute Gasteiger partial charge is 0.262 e. The Morgan fingerprint density at radius 2 is 1.80 bits per heavy atom. The zero-order valence-electron chi connectivity index (χ0n) is 15.2. The number of hydrogen-bond acceptors (Lipinski definition) is 5. The maximum absolute atomic E-state index is 13.2. The van der Waals surface area contributed by atoms with Gasteiger partial charge >= 0.3 is 6.18 Å². The number of pyridine rings is 1. The van der Waals surface area contributed by atoms with Crippen LogP contribution in [0.25, 0.3) is 16.7 Å². The van der Waals surface area contributed by atoms with E-state index >= 15 is 0 Å². The van der Waals surface area contributed by atoms with Crippen molar-refractivity contribution in [2.24, 2.45) is 0 Å². The van der Waals surface area contributed by atoms with Gasteiger partial charge in [0.15, 0.2) is 5.82 Å². The van der Waals surface area contributed by atoms with Gasteiger partial charge in [-0.2, -0.15) is 23.4 Å². The van der Waals surface area contributed by atoms with Gasteiger partial charge in [0.2, 0.25) is 0 Å². The molecule has 4 heterocycles. The molecule has 0 N–H and O–H groups in total. The molecule has 5 rings (SSSR count). The molecule has 1 aliphatic heterocycles. The summed E-state index contributed by atoms with van der Waals surface area (Å²) >= 11 is 0. The molecule has 0 bridgehead atoms. The van der Waals surface area contributed by atoms with E-state index in [-0.39, 0.29) is 17.3 Å². The summed E-state index contributed by atoms with van der Waals surface area (Å²) in [7, 11) is -3.93. The number of rotatable bonds is 3. The lowest BCUT2D eigenvalue weighted by Gasteiger charge is -2.29. The molecule has 0 saturated heterocycles. The minimum Gasteiger partial charge on any atom is -0.262 e. The minimum atomic E-state index is -4.52. The van der Waals surface area contributed by atoms with Crippen LogP contribution in [0.3, 0.4) is 0 Å². The van der Waals surface area contributed by atoms with Crippen LogP contribution in [0.15, 0.2) is 60.0 Å². The second-order valence-corrected chi connectivity index (χ2v) is 8.55. The lowest BCUT2D eigenvalue weighted by atomic mass is 10.2. The van der Waals surface area contributed by atoms with Crippen LogP contribution in [0.5, 0.6) is 0 Å². The first-order valence-electron chi connectivity index (χ1n) is 8.81. The van der Waals surface area contributed by atoms with Gasteiger partial charge in [0, 0.05) is 17.8 Å². The third kappa shape index (κ3) is 2.83. The number of alkyl halides is 3. The van der Waals surface area contributed by atoms with Crippen molar-refractivity contribution in [3.8, 4) is 5.82 Å². The molecule has 12 heteroatoms. The van der Waals surface area contributed by atoms with Gasteiger partial charge in [-0.1, -0.05) is 12.1 Å². The molecule has 4 aromatic rings. The number of aromatic nitrogens is 5. The van der Waals surface area contributed by atoms with Gasteiger partial charge in [-0.25, -0.2) is 18.1 Å². The van der Waals surface area contributed by atoms with Crippen LogP contribution in [0.1, 0.15) is 5.56 Å². The lowest BCUT2D eigenvalue weighted by Crippen LogP contribution is -2.37. The van der Waals surface area contributed by atoms with E-state index in [2.05, 4.69) is 15.2 Å². The van der Waals surface area contributed by atoms with Crippen molar-refractivity contribution in [2.45, 2.75) is 17.6 Å². The summed E-state index contributed by atoms with van der Waals surface area (Å²) in [5, 5.41) is 8.75. The van der Waals surface area contributed by atoms with E-state index in [1.165, 1.54) is 16.4 Å². The third-order valence-corrected chi connectivity index (χ3v) is 6.67. The third-order valence-electron chi connectivity index (χ3n) is 4.88. The second-order valence-electron chi connectivity index (χ2n) is 6.68. The average molecular weight is 434 g/mol. The van der Waals surface area contributed by atoms with Crippen molar-refractivity contribution in [3.05, 3.63) is 60.7 Å². The van der Waals surface area contributed by atoms with E-state index in [1.54, 1.807) is 23.0 Å². The number of anilines is 1. The van der Waals surface area contributed by atoms with E-state index in [0.29, 0.717) is 18.4 Å². The van der Waals surface area contributed by atoms with Crippen molar-refractivity contribution in [3.63, 3.8) is 0 Å². The highest BCUT2D eigenvalue weighted by Gasteiger charge is 2.33. The largest absolute Gasteiger partial charge is 0.419 e. The number of para-hydroxylation sites is 1. The number of halogens is 3. The number of benzene rings is 1. The molecule has 30 heavy (non-hydrogen) atoms. The second kappa shape index (κ2) is 6.29. The normalized spacial score (nSPS) is 14.4. The molecule has 1 aliphatic rings. The highest BCUT2D eigenvalue weighted by Crippen LogP contribution is 2.34. The summed E-state index contributed by atoms with van der Waals surface area (Å²) in [4.78, 5) is 3.93. The molecular weight excluding hydrogens is 421 g/mol. The predicted molar refractivity (Wildman–Crippen MR) is 101 cm³/mol. The van der Waals surface area contributed by atoms with Gasteiger partial charge in [0.05, 0.1) is 42.3 Å². The maximum atomic E-state index is 13.2. The zero-order chi connectivity index (χ0) is 21.1. The fraction of sp³-hybridized carbons (Fsp3) is 0.167. The van der Waals surface area contributed by atoms with Crippen molar-refractivity contribution < 1.29 is 21.6 Å². The molecule has 0 unspecified atom stereocenters. The van der Waals surface area contributed by atoms with Gasteiger partial charge < -0.3 is 0 Å². The maximum Gasteiger partial charge on any atom is 0.419 e. The van der Waals surface area contributed by atoms with E-state index in [9.17, 15) is 21.6 Å². The van der Waals surface area contributed by atoms with E-state index in [1.807, 2.05) is 6.07 Å². The van der Waals surface area contributed by atoms with Crippen LogP contribution in [-0.2, 0) is 22.7 Å². The summed E-state index contributed by atoms with van der Waals surface area (Å²) in [6.45, 7) is 0.602. The number of hydrogen-bond donors (Lipinski definition) is 0. The molecule has 154 valence electrons. The summed E-state index contributed by atoms with van der Waals surface area (Å²) in [5.41, 5.74) is 0.328. The SMILES string of the molecule is O=S(=O)(c1ccc(-n2cc(C(F)(F)F)cn2)nc1)N1CCn2ncc3cccc1c32. The molecule has 0 radical (unpaired) electrons. The fourth-order valence-corrected chi connectivity index (χ4v) is 4.84. The monoisotopic (exact) mass is 434 g/mol. The molecule has 3 aromatic heterocycles. The Bertz CT molecular complexity index is 1360. The van der Waals surface area contributed by atoms with E-state index in [0.717, 1.165) is 28.0 Å². The van der Waals surface area contributed by atoms with Crippen LogP contribution >= 0.6 is 0 Å². The van der Waals surface area contributed by atoms with E-state index < -0.39 is 21.8 Å². The molecule has 0 atom stereocenters. The Balaban J connectivity index is 1.50. The topological polar surface area (TPSA) is 85.9 Å². The van der Waals surface area contributed by atoms with Crippen molar-refractivity contribution >= 4 is 26.6 Å². The van der Waals surface area contributed by atoms with Crippen molar-refractivity contribution in [2.75, 3.05) is 10.8 Å². The Kier molecular flexibility index (Phi) is 3.90. The molecular formula is C18H13F3N6O2S. The Morgan fingerprint density at radius 3 is 2.50 bits per heavy atom. The van der Waals surface area contributed by atoms with Crippen molar-refractivity contribution in [1.29, 1.82) is 0 Å². The van der Waals surface area contributed by atoms with Gasteiger partial charge in [0.1, 0.15) is 4.90 Å². The Hall–Kier alpha value is -3.41. The molecule has 0 fully saturated rings. The minimum absolute atomic E-state index is 0.0700. The lowest BCUT2D eigenvalue weighted by molar-refractivity contribution is -0.137. The molecule has 0 saturated carbocycles. The average Bonchev–Trinajstić information content (AvgIpc) is 3.37. The first-order chi connectivity index (χ1) is 14.2. The summed E-state index contributed by atoms with van der Waals surface area (Å²) in [5.74, 6) is 0.0725. The Labute approximate surface area is 168 Å². The van der Waals surface area contributed by atoms with Crippen LogP contribution in [0.4, 0.5) is 18.9 Å². The summed E-state index contributed by atoms with van der Waals surface area (Å²) < 4.78 is 68.7. The molecule has 8 nitrogen and oxygen atoms in total. The fourth-order valence-electron chi connectivity index (χ4n) is 3.43. The predicted octanol–water partition coefficient (Wildman–Crippen LogP) is 2.84. The Morgan fingerprint density at radius 1 is 0.967 bits per heavy atom. The van der Waals surface area contributed by atoms with Gasteiger partial charge in [-0.15, -0.1) is 0 Å². The van der Waals surface area contributed by atoms with Crippen LogP contribution in [0, 0.1) is 0 Å². The molecule has 0 spiro atoms. The van der Waals surface area contributed by atoms with Gasteiger partial charge in [-0.05, 0) is 18.2 Å². The zero-order valence-corrected chi connectivity index (χ0v) is 16.0. The van der Waals surface area contributed by atoms with Crippen LogP contribution < -0.4 is 4.31 Å². The van der Waals surface area contributed by atoms with Crippen LogP contribution in [-0.4, -0.2) is 39.5 Å². The summed E-state index contributed by atoms with van der Waals surface area (Å²) in [6, 6.07) is 7.94.